The van der Waals surface area contributed by atoms with Gasteiger partial charge in [-0.25, -0.2) is 9.18 Å². The molecule has 4 N–H and O–H groups in total. The van der Waals surface area contributed by atoms with Gasteiger partial charge >= 0.3 is 12.0 Å². The zero-order chi connectivity index (χ0) is 17.2. The van der Waals surface area contributed by atoms with Crippen LogP contribution in [0.2, 0.25) is 0 Å². The van der Waals surface area contributed by atoms with E-state index in [9.17, 15) is 19.1 Å². The van der Waals surface area contributed by atoms with Crippen molar-refractivity contribution in [3.63, 3.8) is 0 Å². The van der Waals surface area contributed by atoms with Crippen molar-refractivity contribution < 1.29 is 24.2 Å². The fourth-order valence-electron chi connectivity index (χ4n) is 2.00. The summed E-state index contributed by atoms with van der Waals surface area (Å²) in [5, 5.41) is 23.0. The Morgan fingerprint density at radius 3 is 2.61 bits per heavy atom. The van der Waals surface area contributed by atoms with Crippen LogP contribution in [0.3, 0.4) is 0 Å². The normalized spacial score (nSPS) is 11.8. The number of carbonyl (C=O) groups is 2. The molecule has 0 aromatic heterocycles. The van der Waals surface area contributed by atoms with Gasteiger partial charge in [0, 0.05) is 36.5 Å². The number of hydrogen-bond donors (Lipinski definition) is 4. The molecule has 1 aromatic rings. The van der Waals surface area contributed by atoms with Gasteiger partial charge in [0.1, 0.15) is 5.82 Å². The Balaban J connectivity index is 2.35. The van der Waals surface area contributed by atoms with Gasteiger partial charge in [0.2, 0.25) is 0 Å². The number of aliphatic hydroxyl groups excluding tert-OH is 1. The Kier molecular flexibility index (Phi) is 8.57. The SMILES string of the molecule is O=C(O)CCCNC(=O)NCC(CO)Cc1cc(F)cc(Br)c1. The summed E-state index contributed by atoms with van der Waals surface area (Å²) < 4.78 is 13.9. The van der Waals surface area contributed by atoms with Gasteiger partial charge < -0.3 is 20.8 Å². The van der Waals surface area contributed by atoms with Gasteiger partial charge in [-0.05, 0) is 36.6 Å². The molecule has 1 rings (SSSR count). The Hall–Kier alpha value is -1.67. The molecule has 0 fully saturated rings. The highest BCUT2D eigenvalue weighted by Crippen LogP contribution is 2.17. The first-order chi connectivity index (χ1) is 10.9. The number of carboxylic acids is 1. The zero-order valence-corrected chi connectivity index (χ0v) is 14.1. The average Bonchev–Trinajstić information content (AvgIpc) is 2.46. The molecule has 128 valence electrons. The Morgan fingerprint density at radius 2 is 2.00 bits per heavy atom. The third kappa shape index (κ3) is 8.51. The molecule has 0 heterocycles. The molecule has 0 aliphatic carbocycles. The van der Waals surface area contributed by atoms with E-state index in [1.165, 1.54) is 12.1 Å². The minimum atomic E-state index is -0.909. The molecule has 0 aliphatic rings. The Morgan fingerprint density at radius 1 is 1.26 bits per heavy atom. The lowest BCUT2D eigenvalue weighted by Gasteiger charge is -2.16. The van der Waals surface area contributed by atoms with E-state index in [1.807, 2.05) is 0 Å². The summed E-state index contributed by atoms with van der Waals surface area (Å²) in [4.78, 5) is 21.9. The van der Waals surface area contributed by atoms with Crippen molar-refractivity contribution in [2.75, 3.05) is 19.7 Å². The lowest BCUT2D eigenvalue weighted by molar-refractivity contribution is -0.137. The first kappa shape index (κ1) is 19.4. The van der Waals surface area contributed by atoms with Crippen molar-refractivity contribution in [1.29, 1.82) is 0 Å². The van der Waals surface area contributed by atoms with Crippen molar-refractivity contribution in [2.24, 2.45) is 5.92 Å². The van der Waals surface area contributed by atoms with E-state index in [4.69, 9.17) is 5.11 Å². The van der Waals surface area contributed by atoms with Gasteiger partial charge in [0.25, 0.3) is 0 Å². The molecule has 1 aromatic carbocycles. The monoisotopic (exact) mass is 390 g/mol. The van der Waals surface area contributed by atoms with Crippen molar-refractivity contribution >= 4 is 27.9 Å². The Labute approximate surface area is 142 Å². The molecular formula is C15H20BrFN2O4. The van der Waals surface area contributed by atoms with Crippen LogP contribution in [0.25, 0.3) is 0 Å². The average molecular weight is 391 g/mol. The summed E-state index contributed by atoms with van der Waals surface area (Å²) in [7, 11) is 0. The molecular weight excluding hydrogens is 371 g/mol. The molecule has 2 amide bonds. The number of carbonyl (C=O) groups excluding carboxylic acids is 1. The lowest BCUT2D eigenvalue weighted by Crippen LogP contribution is -2.39. The van der Waals surface area contributed by atoms with Crippen LogP contribution in [0, 0.1) is 11.7 Å². The first-order valence-corrected chi connectivity index (χ1v) is 7.99. The number of urea groups is 1. The lowest BCUT2D eigenvalue weighted by atomic mass is 10.00. The maximum atomic E-state index is 13.3. The number of rotatable bonds is 9. The van der Waals surface area contributed by atoms with Crippen molar-refractivity contribution in [1.82, 2.24) is 10.6 Å². The van der Waals surface area contributed by atoms with E-state index >= 15 is 0 Å². The predicted octanol–water partition coefficient (Wildman–Crippen LogP) is 1.90. The standard InChI is InChI=1S/C15H20BrFN2O4/c16-12-5-10(6-13(17)7-12)4-11(9-20)8-19-15(23)18-3-1-2-14(21)22/h5-7,11,20H,1-4,8-9H2,(H,21,22)(H2,18,19,23). The number of amides is 2. The van der Waals surface area contributed by atoms with Gasteiger partial charge in [-0.15, -0.1) is 0 Å². The fraction of sp³-hybridized carbons (Fsp3) is 0.467. The van der Waals surface area contributed by atoms with Crippen LogP contribution >= 0.6 is 15.9 Å². The molecule has 23 heavy (non-hydrogen) atoms. The molecule has 0 saturated carbocycles. The van der Waals surface area contributed by atoms with E-state index in [0.29, 0.717) is 17.3 Å². The van der Waals surface area contributed by atoms with Crippen molar-refractivity contribution in [3.8, 4) is 0 Å². The number of nitrogens with one attached hydrogen (secondary N) is 2. The van der Waals surface area contributed by atoms with Crippen LogP contribution in [0.1, 0.15) is 18.4 Å². The summed E-state index contributed by atoms with van der Waals surface area (Å²) in [5.74, 6) is -1.52. The first-order valence-electron chi connectivity index (χ1n) is 7.20. The van der Waals surface area contributed by atoms with Crippen molar-refractivity contribution in [3.05, 3.63) is 34.1 Å². The number of halogens is 2. The largest absolute Gasteiger partial charge is 0.481 e. The molecule has 0 aliphatic heterocycles. The maximum Gasteiger partial charge on any atom is 0.314 e. The van der Waals surface area contributed by atoms with Crippen LogP contribution in [-0.4, -0.2) is 41.9 Å². The molecule has 0 radical (unpaired) electrons. The molecule has 8 heteroatoms. The smallest absolute Gasteiger partial charge is 0.314 e. The van der Waals surface area contributed by atoms with E-state index in [1.54, 1.807) is 6.07 Å². The summed E-state index contributed by atoms with van der Waals surface area (Å²) in [6.45, 7) is 0.349. The second-order valence-corrected chi connectivity index (χ2v) is 6.08. The highest BCUT2D eigenvalue weighted by Gasteiger charge is 2.12. The summed E-state index contributed by atoms with van der Waals surface area (Å²) in [5.41, 5.74) is 0.722. The minimum Gasteiger partial charge on any atom is -0.481 e. The molecule has 1 atom stereocenters. The second-order valence-electron chi connectivity index (χ2n) is 5.16. The zero-order valence-electron chi connectivity index (χ0n) is 12.5. The van der Waals surface area contributed by atoms with Crippen molar-refractivity contribution in [2.45, 2.75) is 19.3 Å². The molecule has 6 nitrogen and oxygen atoms in total. The highest BCUT2D eigenvalue weighted by atomic mass is 79.9. The van der Waals surface area contributed by atoms with Crippen LogP contribution in [0.4, 0.5) is 9.18 Å². The fourth-order valence-corrected chi connectivity index (χ4v) is 2.52. The van der Waals surface area contributed by atoms with E-state index in [2.05, 4.69) is 26.6 Å². The number of hydrogen-bond acceptors (Lipinski definition) is 3. The van der Waals surface area contributed by atoms with Crippen LogP contribution < -0.4 is 10.6 Å². The quantitative estimate of drug-likeness (QED) is 0.484. The predicted molar refractivity (Wildman–Crippen MR) is 86.7 cm³/mol. The summed E-state index contributed by atoms with van der Waals surface area (Å²) >= 11 is 3.21. The van der Waals surface area contributed by atoms with Crippen LogP contribution in [0.15, 0.2) is 22.7 Å². The van der Waals surface area contributed by atoms with Gasteiger partial charge in [0.05, 0.1) is 0 Å². The molecule has 0 saturated heterocycles. The Bertz CT molecular complexity index is 522. The maximum absolute atomic E-state index is 13.3. The third-order valence-corrected chi connectivity index (χ3v) is 3.57. The molecule has 1 unspecified atom stereocenters. The van der Waals surface area contributed by atoms with Gasteiger partial charge in [-0.2, -0.15) is 0 Å². The van der Waals surface area contributed by atoms with E-state index in [0.717, 1.165) is 5.56 Å². The summed E-state index contributed by atoms with van der Waals surface area (Å²) in [6.07, 6.45) is 0.768. The summed E-state index contributed by atoms with van der Waals surface area (Å²) in [6, 6.07) is 4.08. The number of carboxylic acid groups (broad SMARTS) is 1. The highest BCUT2D eigenvalue weighted by molar-refractivity contribution is 9.10. The molecule has 0 bridgehead atoms. The number of aliphatic hydroxyl groups is 1. The van der Waals surface area contributed by atoms with Gasteiger partial charge in [-0.3, -0.25) is 4.79 Å². The van der Waals surface area contributed by atoms with Crippen LogP contribution in [-0.2, 0) is 11.2 Å². The van der Waals surface area contributed by atoms with Gasteiger partial charge in [0.15, 0.2) is 0 Å². The van der Waals surface area contributed by atoms with E-state index < -0.39 is 12.0 Å². The number of benzene rings is 1. The van der Waals surface area contributed by atoms with Crippen LogP contribution in [0.5, 0.6) is 0 Å². The third-order valence-electron chi connectivity index (χ3n) is 3.11. The van der Waals surface area contributed by atoms with Gasteiger partial charge in [-0.1, -0.05) is 15.9 Å². The molecule has 0 spiro atoms. The number of aliphatic carboxylic acids is 1. The topological polar surface area (TPSA) is 98.7 Å². The minimum absolute atomic E-state index is 0.00596. The van der Waals surface area contributed by atoms with E-state index in [-0.39, 0.29) is 37.9 Å². The second kappa shape index (κ2) is 10.2.